The SMILES string of the molecule is O=[N+]([O-])c1cccc[c]1[Hg][c]1ccccc1. The summed E-state index contributed by atoms with van der Waals surface area (Å²) in [6.45, 7) is 0. The number of nitrogens with zero attached hydrogens (tertiary/aromatic N) is 1. The van der Waals surface area contributed by atoms with E-state index in [9.17, 15) is 10.1 Å². The molecule has 0 unspecified atom stereocenters. The van der Waals surface area contributed by atoms with Crippen LogP contribution in [0.15, 0.2) is 54.6 Å². The van der Waals surface area contributed by atoms with E-state index in [0.29, 0.717) is 0 Å². The Hall–Kier alpha value is -1.22. The molecule has 4 heteroatoms. The molecule has 0 aliphatic heterocycles. The fraction of sp³-hybridized carbons (Fsp3) is 0. The first-order chi connectivity index (χ1) is 7.77. The molecule has 0 saturated heterocycles. The van der Waals surface area contributed by atoms with Gasteiger partial charge in [-0.25, -0.2) is 0 Å². The number of nitro groups is 1. The number of hydrogen-bond donors (Lipinski definition) is 0. The van der Waals surface area contributed by atoms with Crippen LogP contribution in [0.2, 0.25) is 0 Å². The quantitative estimate of drug-likeness (QED) is 0.447. The Kier molecular flexibility index (Phi) is 3.67. The number of para-hydroxylation sites is 1. The summed E-state index contributed by atoms with van der Waals surface area (Å²) in [6, 6.07) is 17.2. The van der Waals surface area contributed by atoms with E-state index in [4.69, 9.17) is 0 Å². The van der Waals surface area contributed by atoms with Gasteiger partial charge in [-0.1, -0.05) is 0 Å². The van der Waals surface area contributed by atoms with Crippen LogP contribution in [-0.4, -0.2) is 4.92 Å². The van der Waals surface area contributed by atoms with Gasteiger partial charge in [0.15, 0.2) is 0 Å². The summed E-state index contributed by atoms with van der Waals surface area (Å²) >= 11 is -1.55. The van der Waals surface area contributed by atoms with Gasteiger partial charge in [-0.05, 0) is 0 Å². The van der Waals surface area contributed by atoms with Crippen LogP contribution in [0.1, 0.15) is 0 Å². The Morgan fingerprint density at radius 2 is 1.56 bits per heavy atom. The molecule has 0 aromatic heterocycles. The zero-order chi connectivity index (χ0) is 11.4. The van der Waals surface area contributed by atoms with Gasteiger partial charge < -0.3 is 0 Å². The molecule has 0 aliphatic carbocycles. The maximum absolute atomic E-state index is 10.9. The zero-order valence-corrected chi connectivity index (χ0v) is 14.2. The predicted molar refractivity (Wildman–Crippen MR) is 58.8 cm³/mol. The van der Waals surface area contributed by atoms with E-state index in [0.717, 1.165) is 3.07 Å². The molecule has 0 atom stereocenters. The van der Waals surface area contributed by atoms with Crippen molar-refractivity contribution in [2.75, 3.05) is 0 Å². The number of hydrogen-bond acceptors (Lipinski definition) is 2. The summed E-state index contributed by atoms with van der Waals surface area (Å²) in [4.78, 5) is 10.6. The van der Waals surface area contributed by atoms with Crippen molar-refractivity contribution in [1.82, 2.24) is 0 Å². The van der Waals surface area contributed by atoms with Crippen molar-refractivity contribution in [3.63, 3.8) is 0 Å². The van der Waals surface area contributed by atoms with Gasteiger partial charge in [-0.3, -0.25) is 0 Å². The fourth-order valence-electron chi connectivity index (χ4n) is 1.65. The minimum atomic E-state index is -1.55. The maximum atomic E-state index is 10.9. The van der Waals surface area contributed by atoms with E-state index < -0.39 is 24.6 Å². The van der Waals surface area contributed by atoms with E-state index in [1.165, 1.54) is 3.07 Å². The van der Waals surface area contributed by atoms with Crippen molar-refractivity contribution in [2.24, 2.45) is 0 Å². The van der Waals surface area contributed by atoms with Crippen molar-refractivity contribution in [2.45, 2.75) is 0 Å². The molecule has 0 saturated carbocycles. The van der Waals surface area contributed by atoms with Gasteiger partial charge in [-0.15, -0.1) is 0 Å². The van der Waals surface area contributed by atoms with Gasteiger partial charge in [0.05, 0.1) is 0 Å². The van der Waals surface area contributed by atoms with E-state index >= 15 is 0 Å². The van der Waals surface area contributed by atoms with Gasteiger partial charge >= 0.3 is 106 Å². The van der Waals surface area contributed by atoms with Gasteiger partial charge in [0.2, 0.25) is 0 Å². The zero-order valence-electron chi connectivity index (χ0n) is 8.67. The average molecular weight is 400 g/mol. The number of benzene rings is 2. The van der Waals surface area contributed by atoms with Gasteiger partial charge in [0.1, 0.15) is 0 Å². The molecule has 0 N–H and O–H groups in total. The molecule has 0 spiro atoms. The molecule has 0 fully saturated rings. The first kappa shape index (κ1) is 11.3. The molecule has 0 aliphatic rings. The summed E-state index contributed by atoms with van der Waals surface area (Å²) < 4.78 is 2.27. The minimum absolute atomic E-state index is 0.279. The Bertz CT molecular complexity index is 499. The molecule has 0 bridgehead atoms. The molecule has 2 rings (SSSR count). The second-order valence-corrected chi connectivity index (χ2v) is 11.1. The van der Waals surface area contributed by atoms with Crippen LogP contribution in [0, 0.1) is 10.1 Å². The van der Waals surface area contributed by atoms with Crippen LogP contribution in [-0.2, 0) is 24.6 Å². The van der Waals surface area contributed by atoms with Gasteiger partial charge in [-0.2, -0.15) is 0 Å². The van der Waals surface area contributed by atoms with Crippen molar-refractivity contribution >= 4 is 11.8 Å². The van der Waals surface area contributed by atoms with Crippen molar-refractivity contribution in [3.8, 4) is 0 Å². The van der Waals surface area contributed by atoms with Crippen LogP contribution in [0.4, 0.5) is 5.69 Å². The van der Waals surface area contributed by atoms with Gasteiger partial charge in [0.25, 0.3) is 0 Å². The van der Waals surface area contributed by atoms with Crippen molar-refractivity contribution in [1.29, 1.82) is 0 Å². The molecule has 76 valence electrons. The average Bonchev–Trinajstić information content (AvgIpc) is 2.31. The van der Waals surface area contributed by atoms with Crippen LogP contribution in [0.5, 0.6) is 0 Å². The first-order valence-corrected chi connectivity index (χ1v) is 10.5. The summed E-state index contributed by atoms with van der Waals surface area (Å²) in [5.74, 6) is 0. The van der Waals surface area contributed by atoms with Gasteiger partial charge in [0, 0.05) is 0 Å². The normalized spacial score (nSPS) is 9.50. The Balaban J connectivity index is 2.31. The number of rotatable bonds is 3. The fourth-order valence-corrected chi connectivity index (χ4v) is 7.99. The second-order valence-electron chi connectivity index (χ2n) is 3.55. The molecular formula is C12H9HgNO2. The van der Waals surface area contributed by atoms with Crippen LogP contribution < -0.4 is 6.14 Å². The Morgan fingerprint density at radius 1 is 0.938 bits per heavy atom. The molecule has 16 heavy (non-hydrogen) atoms. The third-order valence-corrected chi connectivity index (χ3v) is 9.65. The van der Waals surface area contributed by atoms with Crippen molar-refractivity contribution in [3.05, 3.63) is 64.7 Å². The molecule has 2 aromatic carbocycles. The standard InChI is InChI=1S/C6H4NO2.C6H5.Hg/c8-7(9)6-4-2-1-3-5-6;1-2-4-6-5-3-1;/h1-4H;1-5H;. The van der Waals surface area contributed by atoms with E-state index in [1.54, 1.807) is 12.1 Å². The molecule has 3 nitrogen and oxygen atoms in total. The third kappa shape index (κ3) is 2.67. The van der Waals surface area contributed by atoms with E-state index in [2.05, 4.69) is 12.1 Å². The second kappa shape index (κ2) is 5.21. The monoisotopic (exact) mass is 401 g/mol. The molecule has 0 amide bonds. The van der Waals surface area contributed by atoms with E-state index in [-0.39, 0.29) is 10.6 Å². The summed E-state index contributed by atoms with van der Waals surface area (Å²) in [5, 5.41) is 10.9. The summed E-state index contributed by atoms with van der Waals surface area (Å²) in [7, 11) is 0. The van der Waals surface area contributed by atoms with Crippen molar-refractivity contribution < 1.29 is 29.5 Å². The molecule has 2 aromatic rings. The number of nitro benzene ring substituents is 1. The molecular weight excluding hydrogens is 391 g/mol. The van der Waals surface area contributed by atoms with Crippen LogP contribution >= 0.6 is 0 Å². The first-order valence-electron chi connectivity index (χ1n) is 5.03. The summed E-state index contributed by atoms with van der Waals surface area (Å²) in [5.41, 5.74) is 0.285. The van der Waals surface area contributed by atoms with Crippen LogP contribution in [0.25, 0.3) is 0 Å². The topological polar surface area (TPSA) is 43.1 Å². The molecule has 0 radical (unpaired) electrons. The Labute approximate surface area is 106 Å². The Morgan fingerprint density at radius 3 is 2.25 bits per heavy atom. The summed E-state index contributed by atoms with van der Waals surface area (Å²) in [6.07, 6.45) is 0. The van der Waals surface area contributed by atoms with Crippen LogP contribution in [0.3, 0.4) is 0 Å². The predicted octanol–water partition coefficient (Wildman–Crippen LogP) is 1.63. The van der Waals surface area contributed by atoms with E-state index in [1.807, 2.05) is 30.3 Å². The third-order valence-electron chi connectivity index (χ3n) is 2.43. The molecule has 0 heterocycles.